The third kappa shape index (κ3) is 4.74. The highest BCUT2D eigenvalue weighted by atomic mass is 16.5. The minimum atomic E-state index is -0.650. The first-order valence-corrected chi connectivity index (χ1v) is 6.52. The summed E-state index contributed by atoms with van der Waals surface area (Å²) >= 11 is 0. The van der Waals surface area contributed by atoms with Crippen molar-refractivity contribution < 1.29 is 9.53 Å². The van der Waals surface area contributed by atoms with E-state index in [0.717, 1.165) is 44.9 Å². The van der Waals surface area contributed by atoms with Gasteiger partial charge in [0.2, 0.25) is 5.91 Å². The number of nitrogens with zero attached hydrogens (tertiary/aromatic N) is 1. The molecule has 1 aliphatic rings. The fraction of sp³-hybridized carbons (Fsp3) is 0.846. The van der Waals surface area contributed by atoms with Crippen LogP contribution in [0, 0.1) is 11.3 Å². The van der Waals surface area contributed by atoms with E-state index in [1.54, 1.807) is 0 Å². The Morgan fingerprint density at radius 1 is 1.35 bits per heavy atom. The molecule has 0 atom stereocenters. The molecule has 1 aliphatic carbocycles. The van der Waals surface area contributed by atoms with E-state index in [9.17, 15) is 10.1 Å². The first-order chi connectivity index (χ1) is 8.22. The lowest BCUT2D eigenvalue weighted by Crippen LogP contribution is -2.48. The van der Waals surface area contributed by atoms with Gasteiger partial charge in [-0.3, -0.25) is 4.79 Å². The smallest absolute Gasteiger partial charge is 0.247 e. The molecule has 1 N–H and O–H groups in total. The van der Waals surface area contributed by atoms with Crippen molar-refractivity contribution in [3.63, 3.8) is 0 Å². The Morgan fingerprint density at radius 3 is 2.53 bits per heavy atom. The average molecular weight is 238 g/mol. The van der Waals surface area contributed by atoms with Crippen molar-refractivity contribution in [1.29, 1.82) is 5.26 Å². The lowest BCUT2D eigenvalue weighted by Gasteiger charge is -2.26. The van der Waals surface area contributed by atoms with Crippen LogP contribution in [-0.4, -0.2) is 24.7 Å². The normalized spacial score (nSPS) is 19.1. The van der Waals surface area contributed by atoms with Gasteiger partial charge in [-0.15, -0.1) is 0 Å². The van der Waals surface area contributed by atoms with Gasteiger partial charge in [0.05, 0.1) is 6.07 Å². The van der Waals surface area contributed by atoms with Crippen LogP contribution in [0.4, 0.5) is 0 Å². The molecule has 0 aromatic carbocycles. The Morgan fingerprint density at radius 2 is 2.00 bits per heavy atom. The second-order valence-electron chi connectivity index (χ2n) is 4.71. The van der Waals surface area contributed by atoms with Crippen LogP contribution in [0.25, 0.3) is 0 Å². The van der Waals surface area contributed by atoms with Crippen molar-refractivity contribution in [3.05, 3.63) is 0 Å². The third-order valence-electron chi connectivity index (χ3n) is 3.13. The van der Waals surface area contributed by atoms with Crippen LogP contribution < -0.4 is 5.32 Å². The van der Waals surface area contributed by atoms with Crippen molar-refractivity contribution in [2.24, 2.45) is 0 Å². The van der Waals surface area contributed by atoms with Crippen molar-refractivity contribution in [2.75, 3.05) is 13.2 Å². The topological polar surface area (TPSA) is 62.1 Å². The van der Waals surface area contributed by atoms with Crippen LogP contribution in [0.15, 0.2) is 0 Å². The second kappa shape index (κ2) is 7.29. The average Bonchev–Trinajstić information content (AvgIpc) is 2.56. The minimum Gasteiger partial charge on any atom is -0.372 e. The van der Waals surface area contributed by atoms with E-state index in [1.165, 1.54) is 0 Å². The second-order valence-corrected chi connectivity index (χ2v) is 4.71. The zero-order valence-corrected chi connectivity index (χ0v) is 10.6. The molecular formula is C13H22N2O2. The SMILES string of the molecule is CCCOCC(=O)NC1(C#N)CCCCCC1. The Kier molecular flexibility index (Phi) is 5.99. The van der Waals surface area contributed by atoms with E-state index < -0.39 is 5.54 Å². The highest BCUT2D eigenvalue weighted by Gasteiger charge is 2.32. The molecule has 0 aliphatic heterocycles. The molecule has 1 amide bonds. The molecule has 0 aromatic rings. The van der Waals surface area contributed by atoms with E-state index in [1.807, 2.05) is 6.92 Å². The Labute approximate surface area is 103 Å². The zero-order valence-electron chi connectivity index (χ0n) is 10.6. The molecule has 0 bridgehead atoms. The van der Waals surface area contributed by atoms with Gasteiger partial charge in [0, 0.05) is 6.61 Å². The summed E-state index contributed by atoms with van der Waals surface area (Å²) in [4.78, 5) is 11.7. The minimum absolute atomic E-state index is 0.0667. The van der Waals surface area contributed by atoms with Gasteiger partial charge >= 0.3 is 0 Å². The zero-order chi connectivity index (χ0) is 12.6. The standard InChI is InChI=1S/C13H22N2O2/c1-2-9-17-10-12(16)15-13(11-14)7-5-3-4-6-8-13/h2-10H2,1H3,(H,15,16). The maximum absolute atomic E-state index is 11.7. The number of hydrogen-bond donors (Lipinski definition) is 1. The highest BCUT2D eigenvalue weighted by molar-refractivity contribution is 5.78. The Balaban J connectivity index is 2.44. The number of amides is 1. The number of nitrogens with one attached hydrogen (secondary N) is 1. The maximum Gasteiger partial charge on any atom is 0.247 e. The van der Waals surface area contributed by atoms with Crippen LogP contribution in [0.1, 0.15) is 51.9 Å². The maximum atomic E-state index is 11.7. The summed E-state index contributed by atoms with van der Waals surface area (Å²) in [7, 11) is 0. The van der Waals surface area contributed by atoms with Crippen molar-refractivity contribution in [2.45, 2.75) is 57.4 Å². The van der Waals surface area contributed by atoms with Crippen LogP contribution in [-0.2, 0) is 9.53 Å². The van der Waals surface area contributed by atoms with Gasteiger partial charge in [-0.25, -0.2) is 0 Å². The lowest BCUT2D eigenvalue weighted by atomic mass is 9.92. The van der Waals surface area contributed by atoms with E-state index in [4.69, 9.17) is 4.74 Å². The van der Waals surface area contributed by atoms with Crippen LogP contribution in [0.5, 0.6) is 0 Å². The molecule has 0 saturated heterocycles. The summed E-state index contributed by atoms with van der Waals surface area (Å²) < 4.78 is 5.19. The van der Waals surface area contributed by atoms with E-state index >= 15 is 0 Å². The molecule has 0 unspecified atom stereocenters. The summed E-state index contributed by atoms with van der Waals surface area (Å²) in [5.74, 6) is -0.165. The number of nitriles is 1. The summed E-state index contributed by atoms with van der Waals surface area (Å²) in [6.45, 7) is 2.66. The summed E-state index contributed by atoms with van der Waals surface area (Å²) in [6.07, 6.45) is 6.79. The molecule has 0 aromatic heterocycles. The van der Waals surface area contributed by atoms with Crippen LogP contribution in [0.3, 0.4) is 0 Å². The molecule has 1 fully saturated rings. The first kappa shape index (κ1) is 14.0. The number of hydrogen-bond acceptors (Lipinski definition) is 3. The molecule has 0 heterocycles. The van der Waals surface area contributed by atoms with Gasteiger partial charge in [0.25, 0.3) is 0 Å². The quantitative estimate of drug-likeness (QED) is 0.589. The summed E-state index contributed by atoms with van der Waals surface area (Å²) in [5.41, 5.74) is -0.650. The van der Waals surface area contributed by atoms with Crippen molar-refractivity contribution >= 4 is 5.91 Å². The van der Waals surface area contributed by atoms with Crippen LogP contribution in [0.2, 0.25) is 0 Å². The monoisotopic (exact) mass is 238 g/mol. The summed E-state index contributed by atoms with van der Waals surface area (Å²) in [6, 6.07) is 2.29. The van der Waals surface area contributed by atoms with Gasteiger partial charge in [-0.2, -0.15) is 5.26 Å². The lowest BCUT2D eigenvalue weighted by molar-refractivity contribution is -0.127. The van der Waals surface area contributed by atoms with Crippen molar-refractivity contribution in [3.8, 4) is 6.07 Å². The Hall–Kier alpha value is -1.08. The van der Waals surface area contributed by atoms with Gasteiger partial charge < -0.3 is 10.1 Å². The summed E-state index contributed by atoms with van der Waals surface area (Å²) in [5, 5.41) is 12.1. The van der Waals surface area contributed by atoms with E-state index in [-0.39, 0.29) is 12.5 Å². The number of carbonyl (C=O) groups excluding carboxylic acids is 1. The van der Waals surface area contributed by atoms with Crippen LogP contribution >= 0.6 is 0 Å². The van der Waals surface area contributed by atoms with Gasteiger partial charge in [0.15, 0.2) is 0 Å². The van der Waals surface area contributed by atoms with Gasteiger partial charge in [-0.1, -0.05) is 32.6 Å². The molecule has 0 spiro atoms. The largest absolute Gasteiger partial charge is 0.372 e. The third-order valence-corrected chi connectivity index (χ3v) is 3.13. The predicted octanol–water partition coefficient (Wildman–Crippen LogP) is 2.15. The molecule has 0 radical (unpaired) electrons. The number of ether oxygens (including phenoxy) is 1. The Bertz CT molecular complexity index is 276. The van der Waals surface area contributed by atoms with E-state index in [0.29, 0.717) is 6.61 Å². The highest BCUT2D eigenvalue weighted by Crippen LogP contribution is 2.26. The molecule has 17 heavy (non-hydrogen) atoms. The molecular weight excluding hydrogens is 216 g/mol. The molecule has 96 valence electrons. The van der Waals surface area contributed by atoms with Gasteiger partial charge in [0.1, 0.15) is 12.1 Å². The van der Waals surface area contributed by atoms with Gasteiger partial charge in [-0.05, 0) is 19.3 Å². The molecule has 1 saturated carbocycles. The van der Waals surface area contributed by atoms with E-state index in [2.05, 4.69) is 11.4 Å². The predicted molar refractivity (Wildman–Crippen MR) is 65.3 cm³/mol. The number of rotatable bonds is 5. The molecule has 4 nitrogen and oxygen atoms in total. The fourth-order valence-electron chi connectivity index (χ4n) is 2.21. The molecule has 1 rings (SSSR count). The molecule has 4 heteroatoms. The van der Waals surface area contributed by atoms with Crippen molar-refractivity contribution in [1.82, 2.24) is 5.32 Å². The fourth-order valence-corrected chi connectivity index (χ4v) is 2.21. The number of carbonyl (C=O) groups is 1. The first-order valence-electron chi connectivity index (χ1n) is 6.52.